The summed E-state index contributed by atoms with van der Waals surface area (Å²) in [5.41, 5.74) is 0. The molecule has 0 heterocycles. The number of carbonyl (C=O) groups excluding carboxylic acids is 2. The Bertz CT molecular complexity index is 1010. The van der Waals surface area contributed by atoms with Crippen molar-refractivity contribution < 1.29 is 24.5 Å². The largest absolute Gasteiger partial charge is 0.466 e. The molecule has 0 saturated carbocycles. The van der Waals surface area contributed by atoms with Crippen molar-refractivity contribution in [2.45, 2.75) is 386 Å². The summed E-state index contributed by atoms with van der Waals surface area (Å²) in [5.74, 6) is -0.0266. The third kappa shape index (κ3) is 56.2. The van der Waals surface area contributed by atoms with Gasteiger partial charge in [0, 0.05) is 12.8 Å². The Hall–Kier alpha value is -1.14. The van der Waals surface area contributed by atoms with Gasteiger partial charge in [0.05, 0.1) is 25.4 Å². The lowest BCUT2D eigenvalue weighted by atomic mass is 10.0. The zero-order chi connectivity index (χ0) is 50.7. The molecule has 2 atom stereocenters. The van der Waals surface area contributed by atoms with Crippen LogP contribution in [0, 0.1) is 0 Å². The molecule has 0 rings (SSSR count). The second kappa shape index (κ2) is 60.4. The van der Waals surface area contributed by atoms with Gasteiger partial charge in [0.25, 0.3) is 0 Å². The van der Waals surface area contributed by atoms with Crippen molar-refractivity contribution in [3.05, 3.63) is 0 Å². The van der Waals surface area contributed by atoms with E-state index in [9.17, 15) is 19.8 Å². The molecule has 70 heavy (non-hydrogen) atoms. The fraction of sp³-hybridized carbons (Fsp3) is 0.969. The highest BCUT2D eigenvalue weighted by Crippen LogP contribution is 2.19. The van der Waals surface area contributed by atoms with Gasteiger partial charge in [0.2, 0.25) is 5.91 Å². The second-order valence-electron chi connectivity index (χ2n) is 22.5. The minimum Gasteiger partial charge on any atom is -0.466 e. The lowest BCUT2D eigenvalue weighted by Crippen LogP contribution is -2.45. The molecule has 2 unspecified atom stereocenters. The van der Waals surface area contributed by atoms with E-state index in [1.807, 2.05) is 0 Å². The highest BCUT2D eigenvalue weighted by molar-refractivity contribution is 5.76. The summed E-state index contributed by atoms with van der Waals surface area (Å²) in [6, 6.07) is -0.545. The van der Waals surface area contributed by atoms with E-state index < -0.39 is 12.1 Å². The van der Waals surface area contributed by atoms with Crippen LogP contribution in [0.2, 0.25) is 0 Å². The molecule has 0 aliphatic rings. The third-order valence-electron chi connectivity index (χ3n) is 15.4. The summed E-state index contributed by atoms with van der Waals surface area (Å²) in [7, 11) is 0. The summed E-state index contributed by atoms with van der Waals surface area (Å²) in [6.45, 7) is 4.98. The van der Waals surface area contributed by atoms with Crippen LogP contribution < -0.4 is 5.32 Å². The lowest BCUT2D eigenvalue weighted by molar-refractivity contribution is -0.143. The number of hydrogen-bond donors (Lipinski definition) is 3. The number of carbonyl (C=O) groups is 2. The fourth-order valence-electron chi connectivity index (χ4n) is 10.5. The van der Waals surface area contributed by atoms with Crippen molar-refractivity contribution >= 4 is 11.9 Å². The van der Waals surface area contributed by atoms with Crippen LogP contribution in [0.4, 0.5) is 0 Å². The average Bonchev–Trinajstić information content (AvgIpc) is 3.36. The maximum Gasteiger partial charge on any atom is 0.305 e. The van der Waals surface area contributed by atoms with E-state index in [0.717, 1.165) is 38.5 Å². The first-order chi connectivity index (χ1) is 34.5. The van der Waals surface area contributed by atoms with Crippen LogP contribution in [-0.2, 0) is 14.3 Å². The molecule has 418 valence electrons. The number of hydrogen-bond acceptors (Lipinski definition) is 5. The first-order valence-corrected chi connectivity index (χ1v) is 32.3. The number of esters is 1. The normalized spacial score (nSPS) is 12.5. The lowest BCUT2D eigenvalue weighted by Gasteiger charge is -2.22. The maximum absolute atomic E-state index is 12.5. The summed E-state index contributed by atoms with van der Waals surface area (Å²) < 4.78 is 5.48. The van der Waals surface area contributed by atoms with Gasteiger partial charge in [-0.2, -0.15) is 0 Å². The van der Waals surface area contributed by atoms with E-state index in [2.05, 4.69) is 19.2 Å². The topological polar surface area (TPSA) is 95.9 Å². The Kier molecular flexibility index (Phi) is 59.4. The van der Waals surface area contributed by atoms with Gasteiger partial charge < -0.3 is 20.3 Å². The Morgan fingerprint density at radius 1 is 0.343 bits per heavy atom. The molecule has 0 spiro atoms. The molecule has 0 bridgehead atoms. The Morgan fingerprint density at radius 3 is 0.871 bits per heavy atom. The Morgan fingerprint density at radius 2 is 0.586 bits per heavy atom. The number of nitrogens with one attached hydrogen (secondary N) is 1. The van der Waals surface area contributed by atoms with Gasteiger partial charge in [-0.05, 0) is 25.7 Å². The van der Waals surface area contributed by atoms with Gasteiger partial charge in [0.15, 0.2) is 0 Å². The van der Waals surface area contributed by atoms with Gasteiger partial charge in [0.1, 0.15) is 0 Å². The van der Waals surface area contributed by atoms with Crippen LogP contribution >= 0.6 is 0 Å². The van der Waals surface area contributed by atoms with Crippen LogP contribution in [0.5, 0.6) is 0 Å². The number of aliphatic hydroxyl groups is 2. The molecule has 0 aromatic heterocycles. The van der Waals surface area contributed by atoms with Gasteiger partial charge in [-0.1, -0.05) is 335 Å². The summed E-state index contributed by atoms with van der Waals surface area (Å²) in [6.07, 6.45) is 71.1. The molecule has 0 aromatic carbocycles. The van der Waals surface area contributed by atoms with Crippen molar-refractivity contribution in [1.29, 1.82) is 0 Å². The van der Waals surface area contributed by atoms with Crippen molar-refractivity contribution in [3.63, 3.8) is 0 Å². The summed E-state index contributed by atoms with van der Waals surface area (Å²) >= 11 is 0. The quantitative estimate of drug-likeness (QED) is 0.0417. The maximum atomic E-state index is 12.5. The predicted octanol–water partition coefficient (Wildman–Crippen LogP) is 20.3. The van der Waals surface area contributed by atoms with E-state index in [4.69, 9.17) is 4.74 Å². The van der Waals surface area contributed by atoms with Crippen LogP contribution in [0.15, 0.2) is 0 Å². The predicted molar refractivity (Wildman–Crippen MR) is 306 cm³/mol. The second-order valence-corrected chi connectivity index (χ2v) is 22.5. The van der Waals surface area contributed by atoms with E-state index in [1.54, 1.807) is 0 Å². The van der Waals surface area contributed by atoms with Gasteiger partial charge in [-0.15, -0.1) is 0 Å². The molecule has 0 saturated heterocycles. The molecule has 6 nitrogen and oxygen atoms in total. The summed E-state index contributed by atoms with van der Waals surface area (Å²) in [5, 5.41) is 23.4. The Balaban J connectivity index is 3.40. The van der Waals surface area contributed by atoms with E-state index in [0.29, 0.717) is 25.9 Å². The SMILES string of the molecule is CCCCCCCCCCCCCCCCCCCCCCCCCC(O)C(CO)NC(=O)CCCCCCCCCCCCCCCCCCCOC(=O)CCCCCCCCCCCCCCC. The number of ether oxygens (including phenoxy) is 1. The molecule has 0 fully saturated rings. The van der Waals surface area contributed by atoms with Gasteiger partial charge >= 0.3 is 5.97 Å². The van der Waals surface area contributed by atoms with Gasteiger partial charge in [-0.25, -0.2) is 0 Å². The third-order valence-corrected chi connectivity index (χ3v) is 15.4. The number of rotatable bonds is 61. The molecular weight excluding hydrogens is 863 g/mol. The van der Waals surface area contributed by atoms with Crippen molar-refractivity contribution in [2.75, 3.05) is 13.2 Å². The number of amides is 1. The van der Waals surface area contributed by atoms with E-state index in [-0.39, 0.29) is 18.5 Å². The minimum absolute atomic E-state index is 0.00845. The summed E-state index contributed by atoms with van der Waals surface area (Å²) in [4.78, 5) is 24.6. The van der Waals surface area contributed by atoms with Crippen LogP contribution in [0.25, 0.3) is 0 Å². The van der Waals surface area contributed by atoms with Crippen LogP contribution in [-0.4, -0.2) is 47.4 Å². The zero-order valence-electron chi connectivity index (χ0n) is 47.8. The smallest absolute Gasteiger partial charge is 0.305 e. The first kappa shape index (κ1) is 68.9. The molecule has 0 aliphatic heterocycles. The highest BCUT2D eigenvalue weighted by Gasteiger charge is 2.20. The van der Waals surface area contributed by atoms with E-state index in [1.165, 1.54) is 302 Å². The molecule has 6 heteroatoms. The fourth-order valence-corrected chi connectivity index (χ4v) is 10.5. The first-order valence-electron chi connectivity index (χ1n) is 32.3. The number of aliphatic hydroxyl groups excluding tert-OH is 2. The monoisotopic (exact) mass is 990 g/mol. The van der Waals surface area contributed by atoms with Gasteiger partial charge in [-0.3, -0.25) is 9.59 Å². The minimum atomic E-state index is -0.668. The molecule has 0 aliphatic carbocycles. The van der Waals surface area contributed by atoms with Crippen LogP contribution in [0.3, 0.4) is 0 Å². The molecule has 3 N–H and O–H groups in total. The highest BCUT2D eigenvalue weighted by atomic mass is 16.5. The van der Waals surface area contributed by atoms with E-state index >= 15 is 0 Å². The zero-order valence-corrected chi connectivity index (χ0v) is 47.8. The standard InChI is InChI=1S/C64H127NO5/c1-3-5-7-9-11-13-15-17-18-19-20-21-22-23-24-26-29-33-36-40-44-48-52-56-62(67)61(60-66)65-63(68)57-53-49-45-41-37-34-30-27-25-28-31-35-39-43-47-51-55-59-70-64(69)58-54-50-46-42-38-32-16-14-12-10-8-6-4-2/h61-62,66-67H,3-60H2,1-2H3,(H,65,68). The molecule has 0 aromatic rings. The van der Waals surface area contributed by atoms with Crippen molar-refractivity contribution in [1.82, 2.24) is 5.32 Å². The van der Waals surface area contributed by atoms with Crippen molar-refractivity contribution in [3.8, 4) is 0 Å². The van der Waals surface area contributed by atoms with Crippen molar-refractivity contribution in [2.24, 2.45) is 0 Å². The average molecular weight is 991 g/mol. The molecular formula is C64H127NO5. The Labute approximate surface area is 438 Å². The van der Waals surface area contributed by atoms with Crippen LogP contribution in [0.1, 0.15) is 373 Å². The molecule has 0 radical (unpaired) electrons. The molecule has 1 amide bonds. The number of unbranched alkanes of at least 4 members (excludes halogenated alkanes) is 50.